The molecule has 1 aromatic heterocycles. The van der Waals surface area contributed by atoms with E-state index in [9.17, 15) is 4.79 Å². The van der Waals surface area contributed by atoms with Gasteiger partial charge >= 0.3 is 0 Å². The molecule has 1 aliphatic rings. The Morgan fingerprint density at radius 2 is 2.38 bits per heavy atom. The fourth-order valence-corrected chi connectivity index (χ4v) is 1.67. The second-order valence-corrected chi connectivity index (χ2v) is 4.72. The average Bonchev–Trinajstić information content (AvgIpc) is 2.60. The maximum absolute atomic E-state index is 11.6. The topological polar surface area (TPSA) is 55.1 Å². The molecule has 0 spiro atoms. The minimum absolute atomic E-state index is 0.147. The maximum Gasteiger partial charge on any atom is 0.223 e. The van der Waals surface area contributed by atoms with E-state index in [-0.39, 0.29) is 11.8 Å². The first-order valence-electron chi connectivity index (χ1n) is 5.90. The largest absolute Gasteiger partial charge is 0.359 e. The van der Waals surface area contributed by atoms with E-state index in [1.807, 2.05) is 6.07 Å². The number of amides is 1. The molecule has 1 N–H and O–H groups in total. The molecule has 0 aromatic carbocycles. The average molecular weight is 222 g/mol. The molecular weight excluding hydrogens is 204 g/mol. The minimum atomic E-state index is 0.147. The summed E-state index contributed by atoms with van der Waals surface area (Å²) in [5, 5.41) is 6.83. The highest BCUT2D eigenvalue weighted by Gasteiger charge is 2.25. The normalized spacial score (nSPS) is 16.2. The van der Waals surface area contributed by atoms with Crippen LogP contribution in [-0.4, -0.2) is 11.1 Å². The van der Waals surface area contributed by atoms with Crippen LogP contribution < -0.4 is 5.32 Å². The van der Waals surface area contributed by atoms with E-state index >= 15 is 0 Å². The van der Waals surface area contributed by atoms with Crippen molar-refractivity contribution in [1.29, 1.82) is 0 Å². The molecule has 1 fully saturated rings. The van der Waals surface area contributed by atoms with Crippen LogP contribution in [0.25, 0.3) is 0 Å². The highest BCUT2D eigenvalue weighted by molar-refractivity contribution is 5.79. The van der Waals surface area contributed by atoms with Crippen molar-refractivity contribution in [2.75, 3.05) is 0 Å². The Kier molecular flexibility index (Phi) is 3.27. The highest BCUT2D eigenvalue weighted by Crippen LogP contribution is 2.26. The Balaban J connectivity index is 1.82. The van der Waals surface area contributed by atoms with Crippen LogP contribution in [0.15, 0.2) is 10.6 Å². The van der Waals surface area contributed by atoms with Crippen molar-refractivity contribution in [3.05, 3.63) is 17.5 Å². The van der Waals surface area contributed by atoms with Gasteiger partial charge in [-0.2, -0.15) is 0 Å². The number of aromatic nitrogens is 1. The van der Waals surface area contributed by atoms with Crippen molar-refractivity contribution in [2.24, 2.45) is 5.92 Å². The van der Waals surface area contributed by atoms with Crippen LogP contribution in [-0.2, 0) is 11.3 Å². The molecular formula is C12H18N2O2. The molecule has 4 nitrogen and oxygen atoms in total. The number of carbonyl (C=O) groups excluding carboxylic acids is 1. The Bertz CT molecular complexity index is 367. The van der Waals surface area contributed by atoms with Crippen LogP contribution in [0.1, 0.15) is 50.5 Å². The summed E-state index contributed by atoms with van der Waals surface area (Å²) in [6, 6.07) is 1.91. The van der Waals surface area contributed by atoms with Crippen molar-refractivity contribution >= 4 is 5.91 Å². The van der Waals surface area contributed by atoms with Gasteiger partial charge < -0.3 is 9.84 Å². The molecule has 1 aliphatic carbocycles. The zero-order valence-corrected chi connectivity index (χ0v) is 9.82. The van der Waals surface area contributed by atoms with E-state index in [1.165, 1.54) is 6.42 Å². The van der Waals surface area contributed by atoms with Crippen molar-refractivity contribution in [2.45, 2.75) is 45.6 Å². The van der Waals surface area contributed by atoms with Crippen LogP contribution in [0.2, 0.25) is 0 Å². The van der Waals surface area contributed by atoms with Gasteiger partial charge in [0.25, 0.3) is 0 Å². The summed E-state index contributed by atoms with van der Waals surface area (Å²) < 4.78 is 5.14. The molecule has 4 heteroatoms. The monoisotopic (exact) mass is 222 g/mol. The van der Waals surface area contributed by atoms with Crippen molar-refractivity contribution < 1.29 is 9.32 Å². The van der Waals surface area contributed by atoms with Gasteiger partial charge in [-0.15, -0.1) is 0 Å². The smallest absolute Gasteiger partial charge is 0.223 e. The van der Waals surface area contributed by atoms with E-state index in [4.69, 9.17) is 4.52 Å². The second kappa shape index (κ2) is 4.68. The number of nitrogens with zero attached hydrogens (tertiary/aromatic N) is 1. The summed E-state index contributed by atoms with van der Waals surface area (Å²) in [6.45, 7) is 4.58. The molecule has 0 radical (unpaired) electrons. The molecule has 1 saturated carbocycles. The Labute approximate surface area is 95.4 Å². The summed E-state index contributed by atoms with van der Waals surface area (Å²) >= 11 is 0. The predicted octanol–water partition coefficient (Wildman–Crippen LogP) is 2.21. The lowest BCUT2D eigenvalue weighted by Crippen LogP contribution is -2.33. The first kappa shape index (κ1) is 11.2. The van der Waals surface area contributed by atoms with Gasteiger partial charge in [0.15, 0.2) is 5.76 Å². The third-order valence-corrected chi connectivity index (χ3v) is 3.08. The van der Waals surface area contributed by atoms with Crippen molar-refractivity contribution in [3.63, 3.8) is 0 Å². The molecule has 0 atom stereocenters. The number of nitrogens with one attached hydrogen (secondary N) is 1. The molecule has 16 heavy (non-hydrogen) atoms. The van der Waals surface area contributed by atoms with Gasteiger partial charge in [-0.1, -0.05) is 25.4 Å². The van der Waals surface area contributed by atoms with Crippen LogP contribution in [0.3, 0.4) is 0 Å². The second-order valence-electron chi connectivity index (χ2n) is 4.72. The van der Waals surface area contributed by atoms with Crippen LogP contribution in [0.5, 0.6) is 0 Å². The van der Waals surface area contributed by atoms with Crippen molar-refractivity contribution in [1.82, 2.24) is 10.5 Å². The number of rotatable bonds is 4. The number of hydrogen-bond acceptors (Lipinski definition) is 3. The quantitative estimate of drug-likeness (QED) is 0.849. The minimum Gasteiger partial charge on any atom is -0.359 e. The Morgan fingerprint density at radius 1 is 1.62 bits per heavy atom. The van der Waals surface area contributed by atoms with Crippen molar-refractivity contribution in [3.8, 4) is 0 Å². The third-order valence-electron chi connectivity index (χ3n) is 3.08. The molecule has 0 bridgehead atoms. The standard InChI is InChI=1S/C12H18N2O2/c1-8(2)11-6-10(16-14-11)7-13-12(15)9-4-3-5-9/h6,8-9H,3-5,7H2,1-2H3,(H,13,15). The van der Waals surface area contributed by atoms with Gasteiger partial charge in [0.1, 0.15) is 0 Å². The van der Waals surface area contributed by atoms with Gasteiger partial charge in [-0.3, -0.25) is 4.79 Å². The predicted molar refractivity (Wildman–Crippen MR) is 59.8 cm³/mol. The third kappa shape index (κ3) is 2.43. The van der Waals surface area contributed by atoms with Crippen LogP contribution in [0.4, 0.5) is 0 Å². The van der Waals surface area contributed by atoms with E-state index in [0.29, 0.717) is 12.5 Å². The summed E-state index contributed by atoms with van der Waals surface area (Å²) in [5.41, 5.74) is 0.938. The lowest BCUT2D eigenvalue weighted by molar-refractivity contribution is -0.127. The molecule has 1 heterocycles. The molecule has 1 aromatic rings. The molecule has 0 unspecified atom stereocenters. The lowest BCUT2D eigenvalue weighted by Gasteiger charge is -2.23. The summed E-state index contributed by atoms with van der Waals surface area (Å²) in [7, 11) is 0. The van der Waals surface area contributed by atoms with E-state index in [1.54, 1.807) is 0 Å². The number of carbonyl (C=O) groups is 1. The van der Waals surface area contributed by atoms with Gasteiger partial charge in [-0.05, 0) is 18.8 Å². The van der Waals surface area contributed by atoms with Gasteiger partial charge in [0.2, 0.25) is 5.91 Å². The highest BCUT2D eigenvalue weighted by atomic mass is 16.5. The number of hydrogen-bond donors (Lipinski definition) is 1. The fourth-order valence-electron chi connectivity index (χ4n) is 1.67. The SMILES string of the molecule is CC(C)c1cc(CNC(=O)C2CCC2)on1. The first-order chi connectivity index (χ1) is 7.66. The van der Waals surface area contributed by atoms with Crippen LogP contribution >= 0.6 is 0 Å². The van der Waals surface area contributed by atoms with Gasteiger partial charge in [0, 0.05) is 12.0 Å². The molecule has 1 amide bonds. The van der Waals surface area contributed by atoms with Gasteiger partial charge in [0.05, 0.1) is 12.2 Å². The Morgan fingerprint density at radius 3 is 2.88 bits per heavy atom. The zero-order valence-electron chi connectivity index (χ0n) is 9.82. The fraction of sp³-hybridized carbons (Fsp3) is 0.667. The summed E-state index contributed by atoms with van der Waals surface area (Å²) in [6.07, 6.45) is 3.23. The molecule has 0 saturated heterocycles. The van der Waals surface area contributed by atoms with Crippen LogP contribution in [0, 0.1) is 5.92 Å². The van der Waals surface area contributed by atoms with E-state index in [0.717, 1.165) is 24.3 Å². The Hall–Kier alpha value is -1.32. The van der Waals surface area contributed by atoms with Gasteiger partial charge in [-0.25, -0.2) is 0 Å². The molecule has 2 rings (SSSR count). The summed E-state index contributed by atoms with van der Waals surface area (Å²) in [4.78, 5) is 11.6. The zero-order chi connectivity index (χ0) is 11.5. The summed E-state index contributed by atoms with van der Waals surface area (Å²) in [5.74, 6) is 1.47. The molecule has 88 valence electrons. The van der Waals surface area contributed by atoms with E-state index in [2.05, 4.69) is 24.3 Å². The first-order valence-corrected chi connectivity index (χ1v) is 5.90. The molecule has 0 aliphatic heterocycles. The lowest BCUT2D eigenvalue weighted by atomic mass is 9.85. The maximum atomic E-state index is 11.6. The van der Waals surface area contributed by atoms with E-state index < -0.39 is 0 Å².